The molecule has 0 bridgehead atoms. The van der Waals surface area contributed by atoms with Crippen molar-refractivity contribution in [3.63, 3.8) is 0 Å². The van der Waals surface area contributed by atoms with Gasteiger partial charge in [-0.15, -0.1) is 0 Å². The van der Waals surface area contributed by atoms with E-state index < -0.39 is 0 Å². The van der Waals surface area contributed by atoms with Gasteiger partial charge in [-0.25, -0.2) is 9.18 Å². The van der Waals surface area contributed by atoms with Crippen LogP contribution in [0.25, 0.3) is 0 Å². The summed E-state index contributed by atoms with van der Waals surface area (Å²) in [5.74, 6) is 1.53. The number of amides is 3. The van der Waals surface area contributed by atoms with Crippen LogP contribution in [0.4, 0.5) is 14.9 Å². The predicted molar refractivity (Wildman–Crippen MR) is 123 cm³/mol. The summed E-state index contributed by atoms with van der Waals surface area (Å²) in [6.45, 7) is 4.17. The predicted octanol–water partition coefficient (Wildman–Crippen LogP) is 4.35. The smallest absolute Gasteiger partial charge is 0.321 e. The number of para-hydroxylation sites is 1. The number of piperidine rings is 1. The number of nitrogens with zero attached hydrogens (tertiary/aromatic N) is 2. The molecule has 0 radical (unpaired) electrons. The fraction of sp³-hybridized carbons (Fsp3) is 0.417. The number of rotatable bonds is 3. The van der Waals surface area contributed by atoms with E-state index in [2.05, 4.69) is 5.32 Å². The van der Waals surface area contributed by atoms with Gasteiger partial charge in [-0.2, -0.15) is 11.8 Å². The molecule has 2 heterocycles. The van der Waals surface area contributed by atoms with E-state index in [4.69, 9.17) is 0 Å². The van der Waals surface area contributed by atoms with Gasteiger partial charge in [-0.1, -0.05) is 30.3 Å². The highest BCUT2D eigenvalue weighted by Crippen LogP contribution is 2.33. The first kappa shape index (κ1) is 21.7. The van der Waals surface area contributed by atoms with Crippen LogP contribution in [0.5, 0.6) is 0 Å². The van der Waals surface area contributed by atoms with Gasteiger partial charge in [-0.05, 0) is 42.7 Å². The van der Waals surface area contributed by atoms with Gasteiger partial charge in [-0.3, -0.25) is 4.79 Å². The summed E-state index contributed by atoms with van der Waals surface area (Å²) in [7, 11) is 0. The minimum atomic E-state index is -0.256. The Morgan fingerprint density at radius 2 is 1.77 bits per heavy atom. The Morgan fingerprint density at radius 1 is 1.03 bits per heavy atom. The van der Waals surface area contributed by atoms with Crippen molar-refractivity contribution in [3.05, 3.63) is 65.5 Å². The van der Waals surface area contributed by atoms with E-state index in [1.165, 1.54) is 6.07 Å². The lowest BCUT2D eigenvalue weighted by molar-refractivity contribution is -0.136. The van der Waals surface area contributed by atoms with Crippen molar-refractivity contribution in [1.29, 1.82) is 0 Å². The number of benzene rings is 2. The van der Waals surface area contributed by atoms with Crippen LogP contribution in [0.3, 0.4) is 0 Å². The van der Waals surface area contributed by atoms with Crippen molar-refractivity contribution in [2.75, 3.05) is 43.0 Å². The Balaban J connectivity index is 1.55. The molecule has 0 saturated carbocycles. The third-order valence-electron chi connectivity index (χ3n) is 6.09. The fourth-order valence-corrected chi connectivity index (χ4v) is 5.28. The van der Waals surface area contributed by atoms with Gasteiger partial charge in [0.05, 0.1) is 5.92 Å². The van der Waals surface area contributed by atoms with Crippen LogP contribution in [0, 0.1) is 18.7 Å². The van der Waals surface area contributed by atoms with Crippen molar-refractivity contribution >= 4 is 29.4 Å². The van der Waals surface area contributed by atoms with E-state index >= 15 is 0 Å². The number of anilines is 1. The lowest BCUT2D eigenvalue weighted by Gasteiger charge is -2.40. The topological polar surface area (TPSA) is 52.7 Å². The molecule has 7 heteroatoms. The molecular formula is C24H28FN3O2S. The summed E-state index contributed by atoms with van der Waals surface area (Å²) in [5, 5.41) is 2.94. The number of halogens is 1. The Hall–Kier alpha value is -2.54. The maximum atomic E-state index is 13.8. The Kier molecular flexibility index (Phi) is 6.80. The van der Waals surface area contributed by atoms with Crippen LogP contribution in [0.2, 0.25) is 0 Å². The highest BCUT2D eigenvalue weighted by molar-refractivity contribution is 7.99. The molecule has 3 amide bonds. The normalized spacial score (nSPS) is 21.6. The molecule has 2 aliphatic rings. The largest absolute Gasteiger partial charge is 0.341 e. The number of likely N-dealkylation sites (tertiary alicyclic amines) is 1. The molecule has 0 spiro atoms. The van der Waals surface area contributed by atoms with Gasteiger partial charge in [0, 0.05) is 49.3 Å². The van der Waals surface area contributed by atoms with E-state index in [0.29, 0.717) is 25.1 Å². The van der Waals surface area contributed by atoms with Crippen LogP contribution in [-0.2, 0) is 4.79 Å². The van der Waals surface area contributed by atoms with E-state index in [-0.39, 0.29) is 29.6 Å². The average molecular weight is 442 g/mol. The molecule has 0 aliphatic carbocycles. The first-order valence-electron chi connectivity index (χ1n) is 10.7. The van der Waals surface area contributed by atoms with E-state index in [1.807, 2.05) is 53.1 Å². The van der Waals surface area contributed by atoms with Gasteiger partial charge in [0.1, 0.15) is 5.82 Å². The Bertz CT molecular complexity index is 934. The van der Waals surface area contributed by atoms with Crippen LogP contribution in [0.1, 0.15) is 23.5 Å². The SMILES string of the molecule is Cc1cc([C@H]2C[C@H](C(=O)N3CCSCC3)CN(C(=O)Nc3ccccc3)C2)ccc1F. The highest BCUT2D eigenvalue weighted by Gasteiger charge is 2.37. The number of aryl methyl sites for hydroxylation is 1. The number of carbonyl (C=O) groups excluding carboxylic acids is 2. The zero-order valence-electron chi connectivity index (χ0n) is 17.7. The molecule has 2 aromatic carbocycles. The van der Waals surface area contributed by atoms with Gasteiger partial charge < -0.3 is 15.1 Å². The van der Waals surface area contributed by atoms with E-state index in [1.54, 1.807) is 17.9 Å². The quantitative estimate of drug-likeness (QED) is 0.771. The number of hydrogen-bond donors (Lipinski definition) is 1. The molecule has 4 rings (SSSR count). The number of nitrogens with one attached hydrogen (secondary N) is 1. The monoisotopic (exact) mass is 441 g/mol. The van der Waals surface area contributed by atoms with Crippen molar-refractivity contribution in [2.24, 2.45) is 5.92 Å². The van der Waals surface area contributed by atoms with E-state index in [9.17, 15) is 14.0 Å². The molecule has 0 unspecified atom stereocenters. The average Bonchev–Trinajstić information content (AvgIpc) is 2.81. The fourth-order valence-electron chi connectivity index (χ4n) is 4.37. The lowest BCUT2D eigenvalue weighted by Crippen LogP contribution is -2.51. The summed E-state index contributed by atoms with van der Waals surface area (Å²) in [6.07, 6.45) is 0.669. The molecule has 31 heavy (non-hydrogen) atoms. The Labute approximate surface area is 187 Å². The second-order valence-electron chi connectivity index (χ2n) is 8.28. The van der Waals surface area contributed by atoms with Crippen molar-refractivity contribution in [2.45, 2.75) is 19.3 Å². The summed E-state index contributed by atoms with van der Waals surface area (Å²) in [5.41, 5.74) is 2.28. The van der Waals surface area contributed by atoms with Crippen LogP contribution in [-0.4, -0.2) is 59.4 Å². The van der Waals surface area contributed by atoms with E-state index in [0.717, 1.165) is 35.8 Å². The van der Waals surface area contributed by atoms with Gasteiger partial charge in [0.25, 0.3) is 0 Å². The zero-order valence-corrected chi connectivity index (χ0v) is 18.5. The van der Waals surface area contributed by atoms with Crippen LogP contribution >= 0.6 is 11.8 Å². The first-order valence-corrected chi connectivity index (χ1v) is 11.9. The van der Waals surface area contributed by atoms with Crippen molar-refractivity contribution in [1.82, 2.24) is 9.80 Å². The third kappa shape index (κ3) is 5.21. The van der Waals surface area contributed by atoms with Crippen molar-refractivity contribution in [3.8, 4) is 0 Å². The highest BCUT2D eigenvalue weighted by atomic mass is 32.2. The number of hydrogen-bond acceptors (Lipinski definition) is 3. The number of urea groups is 1. The molecule has 2 aromatic rings. The molecule has 5 nitrogen and oxygen atoms in total. The summed E-state index contributed by atoms with van der Waals surface area (Å²) < 4.78 is 13.8. The molecule has 2 fully saturated rings. The summed E-state index contributed by atoms with van der Waals surface area (Å²) >= 11 is 1.87. The van der Waals surface area contributed by atoms with Gasteiger partial charge in [0.2, 0.25) is 5.91 Å². The first-order chi connectivity index (χ1) is 15.0. The van der Waals surface area contributed by atoms with Gasteiger partial charge in [0.15, 0.2) is 0 Å². The molecular weight excluding hydrogens is 413 g/mol. The second-order valence-corrected chi connectivity index (χ2v) is 9.50. The molecule has 1 N–H and O–H groups in total. The zero-order chi connectivity index (χ0) is 21.8. The lowest BCUT2D eigenvalue weighted by atomic mass is 9.83. The maximum absolute atomic E-state index is 13.8. The Morgan fingerprint density at radius 3 is 2.48 bits per heavy atom. The standard InChI is InChI=1S/C24H28FN3O2S/c1-17-13-18(7-8-22(17)25)19-14-20(23(29)27-9-11-31-12-10-27)16-28(15-19)24(30)26-21-5-3-2-4-6-21/h2-8,13,19-20H,9-12,14-16H2,1H3,(H,26,30)/t19-,20-/m0/s1. The molecule has 164 valence electrons. The molecule has 0 aromatic heterocycles. The minimum Gasteiger partial charge on any atom is -0.341 e. The van der Waals surface area contributed by atoms with Gasteiger partial charge >= 0.3 is 6.03 Å². The second kappa shape index (κ2) is 9.73. The number of thioether (sulfide) groups is 1. The maximum Gasteiger partial charge on any atom is 0.321 e. The van der Waals surface area contributed by atoms with Crippen LogP contribution < -0.4 is 5.32 Å². The molecule has 2 saturated heterocycles. The molecule has 2 atom stereocenters. The third-order valence-corrected chi connectivity index (χ3v) is 7.03. The number of carbonyl (C=O) groups is 2. The molecule has 2 aliphatic heterocycles. The van der Waals surface area contributed by atoms with Crippen LogP contribution in [0.15, 0.2) is 48.5 Å². The summed E-state index contributed by atoms with van der Waals surface area (Å²) in [6, 6.07) is 14.2. The minimum absolute atomic E-state index is 0.0114. The summed E-state index contributed by atoms with van der Waals surface area (Å²) in [4.78, 5) is 30.0. The van der Waals surface area contributed by atoms with Crippen molar-refractivity contribution < 1.29 is 14.0 Å².